The van der Waals surface area contributed by atoms with E-state index >= 15 is 0 Å². The third-order valence-corrected chi connectivity index (χ3v) is 3.83. The van der Waals surface area contributed by atoms with E-state index in [1.165, 1.54) is 5.56 Å². The van der Waals surface area contributed by atoms with Gasteiger partial charge < -0.3 is 4.74 Å². The Morgan fingerprint density at radius 1 is 1.14 bits per heavy atom. The second-order valence-corrected chi connectivity index (χ2v) is 5.48. The van der Waals surface area contributed by atoms with Crippen LogP contribution in [-0.2, 0) is 6.54 Å². The van der Waals surface area contributed by atoms with Crippen molar-refractivity contribution in [3.05, 3.63) is 29.8 Å². The van der Waals surface area contributed by atoms with Gasteiger partial charge in [-0.05, 0) is 12.5 Å². The first-order valence-corrected chi connectivity index (χ1v) is 7.86. The van der Waals surface area contributed by atoms with Gasteiger partial charge in [-0.3, -0.25) is 9.80 Å². The van der Waals surface area contributed by atoms with Crippen molar-refractivity contribution in [3.8, 4) is 11.8 Å². The zero-order valence-electron chi connectivity index (χ0n) is 12.9. The number of ether oxygens (including phenoxy) is 1. The first kappa shape index (κ1) is 15.8. The van der Waals surface area contributed by atoms with Crippen molar-refractivity contribution >= 4 is 0 Å². The smallest absolute Gasteiger partial charge is 0.123 e. The van der Waals surface area contributed by atoms with Gasteiger partial charge in [0.2, 0.25) is 0 Å². The van der Waals surface area contributed by atoms with E-state index in [1.807, 2.05) is 6.07 Å². The quantitative estimate of drug-likeness (QED) is 0.772. The highest BCUT2D eigenvalue weighted by Gasteiger charge is 2.17. The minimum atomic E-state index is 0.633. The monoisotopic (exact) mass is 287 g/mol. The molecule has 4 nitrogen and oxygen atoms in total. The zero-order valence-corrected chi connectivity index (χ0v) is 12.9. The number of hydrogen-bond acceptors (Lipinski definition) is 4. The molecule has 0 saturated carbocycles. The van der Waals surface area contributed by atoms with E-state index in [9.17, 15) is 0 Å². The standard InChI is InChI=1S/C17H25N3O/c1-2-14-21-17-7-4-3-6-16(17)15-20-12-10-19(11-13-20)9-5-8-18/h3-4,6-7H,2,5,9-15H2,1H3. The number of para-hydroxylation sites is 1. The topological polar surface area (TPSA) is 39.5 Å². The van der Waals surface area contributed by atoms with E-state index in [0.29, 0.717) is 6.42 Å². The maximum absolute atomic E-state index is 8.64. The summed E-state index contributed by atoms with van der Waals surface area (Å²) in [5, 5.41) is 8.64. The molecule has 1 fully saturated rings. The number of piperazine rings is 1. The van der Waals surface area contributed by atoms with Gasteiger partial charge in [0.1, 0.15) is 5.75 Å². The van der Waals surface area contributed by atoms with Crippen molar-refractivity contribution in [2.45, 2.75) is 26.3 Å². The minimum absolute atomic E-state index is 0.633. The fraction of sp³-hybridized carbons (Fsp3) is 0.588. The van der Waals surface area contributed by atoms with Gasteiger partial charge in [-0.25, -0.2) is 0 Å². The Morgan fingerprint density at radius 2 is 1.86 bits per heavy atom. The summed E-state index contributed by atoms with van der Waals surface area (Å²) in [4.78, 5) is 4.84. The molecule has 1 aliphatic heterocycles. The molecular formula is C17H25N3O. The minimum Gasteiger partial charge on any atom is -0.493 e. The van der Waals surface area contributed by atoms with E-state index in [0.717, 1.165) is 58.0 Å². The van der Waals surface area contributed by atoms with Crippen molar-refractivity contribution in [2.75, 3.05) is 39.3 Å². The van der Waals surface area contributed by atoms with Crippen LogP contribution in [0.15, 0.2) is 24.3 Å². The molecule has 4 heteroatoms. The van der Waals surface area contributed by atoms with Gasteiger partial charge in [0, 0.05) is 51.3 Å². The highest BCUT2D eigenvalue weighted by Crippen LogP contribution is 2.20. The summed E-state index contributed by atoms with van der Waals surface area (Å²) in [6, 6.07) is 10.6. The maximum Gasteiger partial charge on any atom is 0.123 e. The largest absolute Gasteiger partial charge is 0.493 e. The third kappa shape index (κ3) is 5.04. The van der Waals surface area contributed by atoms with Crippen LogP contribution in [0.5, 0.6) is 5.75 Å². The summed E-state index contributed by atoms with van der Waals surface area (Å²) >= 11 is 0. The Hall–Kier alpha value is -1.57. The maximum atomic E-state index is 8.64. The molecule has 1 saturated heterocycles. The number of nitriles is 1. The molecule has 0 bridgehead atoms. The van der Waals surface area contributed by atoms with Crippen LogP contribution < -0.4 is 4.74 Å². The lowest BCUT2D eigenvalue weighted by molar-refractivity contribution is 0.128. The summed E-state index contributed by atoms with van der Waals surface area (Å²) in [5.74, 6) is 1.02. The predicted octanol–water partition coefficient (Wildman–Crippen LogP) is 2.51. The molecule has 0 unspecified atom stereocenters. The number of nitrogens with zero attached hydrogens (tertiary/aromatic N) is 3. The van der Waals surface area contributed by atoms with Crippen molar-refractivity contribution in [1.82, 2.24) is 9.80 Å². The Balaban J connectivity index is 1.84. The zero-order chi connectivity index (χ0) is 14.9. The van der Waals surface area contributed by atoms with Crippen LogP contribution in [0.1, 0.15) is 25.3 Å². The number of hydrogen-bond donors (Lipinski definition) is 0. The summed E-state index contributed by atoms with van der Waals surface area (Å²) in [7, 11) is 0. The third-order valence-electron chi connectivity index (χ3n) is 3.83. The van der Waals surface area contributed by atoms with Gasteiger partial charge in [-0.2, -0.15) is 5.26 Å². The fourth-order valence-corrected chi connectivity index (χ4v) is 2.61. The molecule has 114 valence electrons. The normalized spacial score (nSPS) is 16.6. The van der Waals surface area contributed by atoms with Crippen LogP contribution >= 0.6 is 0 Å². The SMILES string of the molecule is CCCOc1ccccc1CN1CCN(CCC#N)CC1. The van der Waals surface area contributed by atoms with Crippen LogP contribution in [0.4, 0.5) is 0 Å². The second kappa shape index (κ2) is 8.66. The van der Waals surface area contributed by atoms with Crippen LogP contribution in [0.2, 0.25) is 0 Å². The van der Waals surface area contributed by atoms with E-state index < -0.39 is 0 Å². The second-order valence-electron chi connectivity index (χ2n) is 5.48. The molecule has 21 heavy (non-hydrogen) atoms. The van der Waals surface area contributed by atoms with E-state index in [1.54, 1.807) is 0 Å². The van der Waals surface area contributed by atoms with Crippen molar-refractivity contribution in [3.63, 3.8) is 0 Å². The molecule has 0 spiro atoms. The lowest BCUT2D eigenvalue weighted by Crippen LogP contribution is -2.46. The first-order chi connectivity index (χ1) is 10.3. The lowest BCUT2D eigenvalue weighted by atomic mass is 10.1. The van der Waals surface area contributed by atoms with Crippen LogP contribution in [0, 0.1) is 11.3 Å². The van der Waals surface area contributed by atoms with Gasteiger partial charge in [-0.15, -0.1) is 0 Å². The van der Waals surface area contributed by atoms with Gasteiger partial charge >= 0.3 is 0 Å². The molecule has 1 aromatic carbocycles. The van der Waals surface area contributed by atoms with Gasteiger partial charge in [-0.1, -0.05) is 25.1 Å². The summed E-state index contributed by atoms with van der Waals surface area (Å²) < 4.78 is 5.83. The molecule has 1 aliphatic rings. The van der Waals surface area contributed by atoms with Crippen molar-refractivity contribution in [2.24, 2.45) is 0 Å². The lowest BCUT2D eigenvalue weighted by Gasteiger charge is -2.34. The molecule has 0 N–H and O–H groups in total. The number of rotatable bonds is 7. The molecule has 1 aromatic rings. The van der Waals surface area contributed by atoms with E-state index in [4.69, 9.17) is 10.00 Å². The molecule has 0 radical (unpaired) electrons. The van der Waals surface area contributed by atoms with E-state index in [-0.39, 0.29) is 0 Å². The molecule has 0 amide bonds. The Kier molecular flexibility index (Phi) is 6.52. The van der Waals surface area contributed by atoms with E-state index in [2.05, 4.69) is 41.0 Å². The van der Waals surface area contributed by atoms with Crippen LogP contribution in [0.3, 0.4) is 0 Å². The summed E-state index contributed by atoms with van der Waals surface area (Å²) in [5.41, 5.74) is 1.27. The van der Waals surface area contributed by atoms with Crippen molar-refractivity contribution in [1.29, 1.82) is 5.26 Å². The average Bonchev–Trinajstić information content (AvgIpc) is 2.53. The van der Waals surface area contributed by atoms with Crippen LogP contribution in [0.25, 0.3) is 0 Å². The average molecular weight is 287 g/mol. The summed E-state index contributed by atoms with van der Waals surface area (Å²) in [6.45, 7) is 8.99. The molecular weight excluding hydrogens is 262 g/mol. The highest BCUT2D eigenvalue weighted by atomic mass is 16.5. The Labute approximate surface area is 127 Å². The predicted molar refractivity (Wildman–Crippen MR) is 84.2 cm³/mol. The fourth-order valence-electron chi connectivity index (χ4n) is 2.61. The molecule has 0 aromatic heterocycles. The molecule has 2 rings (SSSR count). The number of benzene rings is 1. The van der Waals surface area contributed by atoms with Gasteiger partial charge in [0.15, 0.2) is 0 Å². The first-order valence-electron chi connectivity index (χ1n) is 7.86. The summed E-state index contributed by atoms with van der Waals surface area (Å²) in [6.07, 6.45) is 1.67. The Morgan fingerprint density at radius 3 is 2.57 bits per heavy atom. The van der Waals surface area contributed by atoms with Gasteiger partial charge in [0.05, 0.1) is 12.7 Å². The highest BCUT2D eigenvalue weighted by molar-refractivity contribution is 5.33. The molecule has 0 atom stereocenters. The Bertz CT molecular complexity index is 461. The van der Waals surface area contributed by atoms with Crippen molar-refractivity contribution < 1.29 is 4.74 Å². The molecule has 1 heterocycles. The van der Waals surface area contributed by atoms with Gasteiger partial charge in [0.25, 0.3) is 0 Å². The van der Waals surface area contributed by atoms with Crippen LogP contribution in [-0.4, -0.2) is 49.1 Å². The molecule has 0 aliphatic carbocycles.